The van der Waals surface area contributed by atoms with Crippen LogP contribution in [0.2, 0.25) is 0 Å². The molecule has 0 saturated heterocycles. The van der Waals surface area contributed by atoms with Crippen LogP contribution in [0.1, 0.15) is 18.5 Å². The van der Waals surface area contributed by atoms with Crippen LogP contribution in [-0.2, 0) is 14.3 Å². The lowest BCUT2D eigenvalue weighted by molar-refractivity contribution is -0.136. The van der Waals surface area contributed by atoms with Gasteiger partial charge in [0.05, 0.1) is 19.8 Å². The molecule has 0 radical (unpaired) electrons. The van der Waals surface area contributed by atoms with Crippen molar-refractivity contribution < 1.29 is 33.3 Å². The fourth-order valence-corrected chi connectivity index (χ4v) is 2.80. The van der Waals surface area contributed by atoms with Crippen LogP contribution in [0.5, 0.6) is 11.5 Å². The molecular weight excluding hydrogens is 332 g/mol. The highest BCUT2D eigenvalue weighted by Crippen LogP contribution is 2.40. The summed E-state index contributed by atoms with van der Waals surface area (Å²) in [6, 6.07) is 3.16. The molecule has 2 aliphatic rings. The zero-order valence-electron chi connectivity index (χ0n) is 13.8. The Bertz CT molecular complexity index is 787. The normalized spacial score (nSPS) is 18.8. The number of hydrogen-bond acceptors (Lipinski definition) is 7. The van der Waals surface area contributed by atoms with E-state index in [1.165, 1.54) is 7.11 Å². The van der Waals surface area contributed by atoms with Crippen LogP contribution in [0, 0.1) is 0 Å². The van der Waals surface area contributed by atoms with E-state index < -0.39 is 24.1 Å². The van der Waals surface area contributed by atoms with Gasteiger partial charge in [0.1, 0.15) is 6.04 Å². The van der Waals surface area contributed by atoms with Crippen LogP contribution in [0.4, 0.5) is 9.59 Å². The van der Waals surface area contributed by atoms with Crippen molar-refractivity contribution in [3.8, 4) is 11.5 Å². The SMILES string of the molecule is COC(=O)C1=C(C)NC(=O)N(C(=O)OC)[C@H]1c1ccc2c(c1)OCO2. The Kier molecular flexibility index (Phi) is 4.22. The number of fused-ring (bicyclic) bond motifs is 1. The number of benzene rings is 1. The van der Waals surface area contributed by atoms with Crippen LogP contribution in [0.25, 0.3) is 0 Å². The van der Waals surface area contributed by atoms with Gasteiger partial charge in [0, 0.05) is 5.70 Å². The van der Waals surface area contributed by atoms with Gasteiger partial charge in [-0.05, 0) is 24.6 Å². The highest BCUT2D eigenvalue weighted by molar-refractivity contribution is 6.00. The first-order chi connectivity index (χ1) is 12.0. The van der Waals surface area contributed by atoms with Crippen molar-refractivity contribution in [1.82, 2.24) is 10.2 Å². The number of ether oxygens (including phenoxy) is 4. The van der Waals surface area contributed by atoms with Crippen LogP contribution >= 0.6 is 0 Å². The number of hydrogen-bond donors (Lipinski definition) is 1. The maximum absolute atomic E-state index is 12.4. The first-order valence-electron chi connectivity index (χ1n) is 7.34. The molecule has 0 fully saturated rings. The van der Waals surface area contributed by atoms with Gasteiger partial charge in [-0.1, -0.05) is 6.07 Å². The Hall–Kier alpha value is -3.23. The molecule has 3 amide bonds. The minimum absolute atomic E-state index is 0.0728. The molecule has 132 valence electrons. The molecule has 25 heavy (non-hydrogen) atoms. The third kappa shape index (κ3) is 2.73. The molecule has 0 aliphatic carbocycles. The number of nitrogens with one attached hydrogen (secondary N) is 1. The van der Waals surface area contributed by atoms with Gasteiger partial charge in [0.15, 0.2) is 11.5 Å². The molecule has 1 aromatic carbocycles. The molecule has 3 rings (SSSR count). The van der Waals surface area contributed by atoms with E-state index in [4.69, 9.17) is 18.9 Å². The average molecular weight is 348 g/mol. The first kappa shape index (κ1) is 16.6. The van der Waals surface area contributed by atoms with Crippen molar-refractivity contribution in [3.05, 3.63) is 35.0 Å². The van der Waals surface area contributed by atoms with E-state index in [1.807, 2.05) is 0 Å². The third-order valence-electron chi connectivity index (χ3n) is 3.94. The number of amides is 3. The van der Waals surface area contributed by atoms with E-state index in [9.17, 15) is 14.4 Å². The highest BCUT2D eigenvalue weighted by Gasteiger charge is 2.42. The zero-order chi connectivity index (χ0) is 18.1. The maximum Gasteiger partial charge on any atom is 0.418 e. The van der Waals surface area contributed by atoms with Crippen molar-refractivity contribution in [2.24, 2.45) is 0 Å². The van der Waals surface area contributed by atoms with E-state index in [0.29, 0.717) is 22.8 Å². The number of carbonyl (C=O) groups is 3. The quantitative estimate of drug-likeness (QED) is 0.811. The van der Waals surface area contributed by atoms with E-state index in [1.54, 1.807) is 25.1 Å². The van der Waals surface area contributed by atoms with Crippen molar-refractivity contribution in [2.45, 2.75) is 13.0 Å². The predicted molar refractivity (Wildman–Crippen MR) is 82.8 cm³/mol. The molecule has 2 heterocycles. The van der Waals surface area contributed by atoms with E-state index in [0.717, 1.165) is 12.0 Å². The van der Waals surface area contributed by atoms with Crippen molar-refractivity contribution in [1.29, 1.82) is 0 Å². The predicted octanol–water partition coefficient (Wildman–Crippen LogP) is 1.69. The maximum atomic E-state index is 12.4. The highest BCUT2D eigenvalue weighted by atomic mass is 16.7. The van der Waals surface area contributed by atoms with Crippen molar-refractivity contribution in [2.75, 3.05) is 21.0 Å². The Labute approximate surface area is 143 Å². The van der Waals surface area contributed by atoms with Crippen LogP contribution in [0.15, 0.2) is 29.5 Å². The van der Waals surface area contributed by atoms with Crippen LogP contribution in [-0.4, -0.2) is 44.0 Å². The summed E-state index contributed by atoms with van der Waals surface area (Å²) >= 11 is 0. The summed E-state index contributed by atoms with van der Waals surface area (Å²) < 4.78 is 20.1. The Morgan fingerprint density at radius 2 is 1.92 bits per heavy atom. The second kappa shape index (κ2) is 6.34. The number of nitrogens with zero attached hydrogens (tertiary/aromatic N) is 1. The minimum Gasteiger partial charge on any atom is -0.466 e. The monoisotopic (exact) mass is 348 g/mol. The smallest absolute Gasteiger partial charge is 0.418 e. The summed E-state index contributed by atoms with van der Waals surface area (Å²) in [4.78, 5) is 37.6. The molecule has 0 unspecified atom stereocenters. The lowest BCUT2D eigenvalue weighted by Crippen LogP contribution is -2.51. The van der Waals surface area contributed by atoms with Gasteiger partial charge in [-0.25, -0.2) is 19.3 Å². The lowest BCUT2D eigenvalue weighted by atomic mass is 9.94. The van der Waals surface area contributed by atoms with Crippen LogP contribution < -0.4 is 14.8 Å². The van der Waals surface area contributed by atoms with Crippen molar-refractivity contribution >= 4 is 18.1 Å². The Balaban J connectivity index is 2.16. The second-order valence-corrected chi connectivity index (χ2v) is 5.32. The molecule has 1 N–H and O–H groups in total. The second-order valence-electron chi connectivity index (χ2n) is 5.32. The van der Waals surface area contributed by atoms with E-state index in [2.05, 4.69) is 5.32 Å². The van der Waals surface area contributed by atoms with E-state index in [-0.39, 0.29) is 12.4 Å². The summed E-state index contributed by atoms with van der Waals surface area (Å²) in [5, 5.41) is 2.47. The van der Waals surface area contributed by atoms with Crippen molar-refractivity contribution in [3.63, 3.8) is 0 Å². The summed E-state index contributed by atoms with van der Waals surface area (Å²) in [5.74, 6) is 0.318. The number of rotatable bonds is 2. The van der Waals surface area contributed by atoms with E-state index >= 15 is 0 Å². The Morgan fingerprint density at radius 1 is 1.20 bits per heavy atom. The van der Waals surface area contributed by atoms with Gasteiger partial charge in [-0.15, -0.1) is 0 Å². The van der Waals surface area contributed by atoms with Gasteiger partial charge in [-0.3, -0.25) is 0 Å². The summed E-state index contributed by atoms with van der Waals surface area (Å²) in [6.45, 7) is 1.63. The molecule has 1 aromatic rings. The molecule has 2 aliphatic heterocycles. The summed E-state index contributed by atoms with van der Waals surface area (Å²) in [7, 11) is 2.37. The lowest BCUT2D eigenvalue weighted by Gasteiger charge is -2.35. The fraction of sp³-hybridized carbons (Fsp3) is 0.312. The fourth-order valence-electron chi connectivity index (χ4n) is 2.80. The standard InChI is InChI=1S/C16H16N2O7/c1-8-12(14(19)22-2)13(18(15(20)17-8)16(21)23-3)9-4-5-10-11(6-9)25-7-24-10/h4-6,13H,7H2,1-3H3,(H,17,20)/t13-/m0/s1. The zero-order valence-corrected chi connectivity index (χ0v) is 13.8. The summed E-state index contributed by atoms with van der Waals surface area (Å²) in [5.41, 5.74) is 0.885. The topological polar surface area (TPSA) is 103 Å². The summed E-state index contributed by atoms with van der Waals surface area (Å²) in [6.07, 6.45) is -0.908. The van der Waals surface area contributed by atoms with Gasteiger partial charge < -0.3 is 24.3 Å². The van der Waals surface area contributed by atoms with Gasteiger partial charge in [0.25, 0.3) is 0 Å². The number of urea groups is 1. The third-order valence-corrected chi connectivity index (χ3v) is 3.94. The number of imide groups is 1. The Morgan fingerprint density at radius 3 is 2.60 bits per heavy atom. The molecule has 1 atom stereocenters. The largest absolute Gasteiger partial charge is 0.466 e. The number of allylic oxidation sites excluding steroid dienone is 1. The number of esters is 1. The van der Waals surface area contributed by atoms with Gasteiger partial charge >= 0.3 is 18.1 Å². The molecular formula is C16H16N2O7. The minimum atomic E-state index is -1.02. The number of carbonyl (C=O) groups excluding carboxylic acids is 3. The molecule has 0 bridgehead atoms. The molecule has 0 spiro atoms. The first-order valence-corrected chi connectivity index (χ1v) is 7.34. The molecule has 9 nitrogen and oxygen atoms in total. The number of methoxy groups -OCH3 is 2. The molecule has 9 heteroatoms. The van der Waals surface area contributed by atoms with Gasteiger partial charge in [-0.2, -0.15) is 0 Å². The van der Waals surface area contributed by atoms with Crippen LogP contribution in [0.3, 0.4) is 0 Å². The van der Waals surface area contributed by atoms with Gasteiger partial charge in [0.2, 0.25) is 6.79 Å². The molecule has 0 aromatic heterocycles. The average Bonchev–Trinajstić information content (AvgIpc) is 3.07. The molecule has 0 saturated carbocycles.